The molecular formula is C12H23F3N2O5. The van der Waals surface area contributed by atoms with Gasteiger partial charge in [0.25, 0.3) is 0 Å². The van der Waals surface area contributed by atoms with Crippen molar-refractivity contribution >= 4 is 11.9 Å². The van der Waals surface area contributed by atoms with E-state index in [-0.39, 0.29) is 26.1 Å². The van der Waals surface area contributed by atoms with Crippen LogP contribution in [0.15, 0.2) is 0 Å². The third kappa shape index (κ3) is 16.7. The van der Waals surface area contributed by atoms with Gasteiger partial charge in [0.15, 0.2) is 0 Å². The Bertz CT molecular complexity index is 314. The molecule has 0 aliphatic carbocycles. The lowest BCUT2D eigenvalue weighted by atomic mass is 10.2. The van der Waals surface area contributed by atoms with E-state index < -0.39 is 24.2 Å². The number of carbonyl (C=O) groups is 2. The molecule has 0 saturated carbocycles. The number of unbranched alkanes of at least 4 members (excludes halogenated alkanes) is 2. The van der Waals surface area contributed by atoms with Gasteiger partial charge >= 0.3 is 18.1 Å². The van der Waals surface area contributed by atoms with Crippen molar-refractivity contribution in [1.29, 1.82) is 0 Å². The first kappa shape index (κ1) is 22.9. The molecule has 0 radical (unpaired) electrons. The Labute approximate surface area is 126 Å². The van der Waals surface area contributed by atoms with Crippen LogP contribution in [0.5, 0.6) is 0 Å². The Morgan fingerprint density at radius 3 is 2.14 bits per heavy atom. The van der Waals surface area contributed by atoms with Crippen LogP contribution in [0.2, 0.25) is 0 Å². The fourth-order valence-corrected chi connectivity index (χ4v) is 1.15. The molecule has 0 bridgehead atoms. The minimum atomic E-state index is -4.85. The van der Waals surface area contributed by atoms with Gasteiger partial charge < -0.3 is 26.4 Å². The Morgan fingerprint density at radius 2 is 1.77 bits per heavy atom. The van der Waals surface area contributed by atoms with E-state index in [1.807, 2.05) is 0 Å². The van der Waals surface area contributed by atoms with Crippen LogP contribution in [0.1, 0.15) is 32.1 Å². The van der Waals surface area contributed by atoms with Crippen molar-refractivity contribution in [2.75, 3.05) is 19.7 Å². The quantitative estimate of drug-likeness (QED) is 0.377. The lowest BCUT2D eigenvalue weighted by Crippen LogP contribution is -2.37. The van der Waals surface area contributed by atoms with Gasteiger partial charge in [-0.3, -0.25) is 9.59 Å². The first-order valence-corrected chi connectivity index (χ1v) is 6.71. The summed E-state index contributed by atoms with van der Waals surface area (Å²) >= 11 is 0. The minimum Gasteiger partial charge on any atom is -0.481 e. The molecule has 1 atom stereocenters. The molecule has 0 aromatic rings. The topological polar surface area (TPSA) is 133 Å². The molecule has 6 N–H and O–H groups in total. The van der Waals surface area contributed by atoms with E-state index in [1.54, 1.807) is 5.32 Å². The number of nitrogens with two attached hydrogens (primary N) is 1. The Morgan fingerprint density at radius 1 is 1.18 bits per heavy atom. The van der Waals surface area contributed by atoms with Crippen molar-refractivity contribution in [3.05, 3.63) is 0 Å². The number of rotatable bonds is 9. The van der Waals surface area contributed by atoms with Gasteiger partial charge in [-0.15, -0.1) is 0 Å². The number of carbonyl (C=O) groups excluding carboxylic acids is 1. The van der Waals surface area contributed by atoms with Crippen LogP contribution in [-0.4, -0.2) is 59.2 Å². The SMILES string of the molecule is NCC(O)CCO.O=C(O)CCCCCNC(=O)C(F)(F)F. The number of aliphatic hydroxyl groups excluding tert-OH is 2. The number of amides is 1. The standard InChI is InChI=1S/C8H12F3NO3.C4H11NO2/c9-8(10,11)7(15)12-5-3-1-2-4-6(13)14;5-3-4(7)1-2-6/h1-5H2,(H,12,15)(H,13,14);4,6-7H,1-3,5H2. The summed E-state index contributed by atoms with van der Waals surface area (Å²) in [6.45, 7) is 0.164. The lowest BCUT2D eigenvalue weighted by Gasteiger charge is -2.06. The molecule has 22 heavy (non-hydrogen) atoms. The highest BCUT2D eigenvalue weighted by atomic mass is 19.4. The summed E-state index contributed by atoms with van der Waals surface area (Å²) in [6.07, 6.45) is -3.77. The van der Waals surface area contributed by atoms with Crippen molar-refractivity contribution in [2.24, 2.45) is 5.73 Å². The molecule has 0 heterocycles. The number of nitrogens with one attached hydrogen (secondary N) is 1. The molecule has 1 unspecified atom stereocenters. The van der Waals surface area contributed by atoms with Gasteiger partial charge in [-0.2, -0.15) is 13.2 Å². The monoisotopic (exact) mass is 332 g/mol. The zero-order valence-electron chi connectivity index (χ0n) is 12.1. The van der Waals surface area contributed by atoms with Crippen LogP contribution in [-0.2, 0) is 9.59 Å². The second kappa shape index (κ2) is 13.3. The maximum Gasteiger partial charge on any atom is 0.471 e. The number of alkyl halides is 3. The van der Waals surface area contributed by atoms with Gasteiger partial charge in [0.2, 0.25) is 0 Å². The number of carboxylic acid groups (broad SMARTS) is 1. The Balaban J connectivity index is 0. The number of hydrogen-bond donors (Lipinski definition) is 5. The molecule has 1 amide bonds. The van der Waals surface area contributed by atoms with Gasteiger partial charge in [0, 0.05) is 26.1 Å². The van der Waals surface area contributed by atoms with Crippen LogP contribution in [0.25, 0.3) is 0 Å². The molecule has 0 spiro atoms. The summed E-state index contributed by atoms with van der Waals surface area (Å²) in [5.74, 6) is -2.89. The first-order valence-electron chi connectivity index (χ1n) is 6.71. The van der Waals surface area contributed by atoms with E-state index in [0.717, 1.165) is 0 Å². The lowest BCUT2D eigenvalue weighted by molar-refractivity contribution is -0.173. The fourth-order valence-electron chi connectivity index (χ4n) is 1.15. The molecule has 0 saturated heterocycles. The molecule has 0 rings (SSSR count). The van der Waals surface area contributed by atoms with Crippen molar-refractivity contribution in [1.82, 2.24) is 5.32 Å². The maximum absolute atomic E-state index is 11.6. The molecule has 0 aromatic heterocycles. The highest BCUT2D eigenvalue weighted by Crippen LogP contribution is 2.13. The molecule has 0 aliphatic rings. The smallest absolute Gasteiger partial charge is 0.471 e. The first-order chi connectivity index (χ1) is 10.1. The van der Waals surface area contributed by atoms with Crippen LogP contribution in [0.3, 0.4) is 0 Å². The summed E-state index contributed by atoms with van der Waals surface area (Å²) in [5, 5.41) is 26.7. The number of hydrogen-bond acceptors (Lipinski definition) is 5. The highest BCUT2D eigenvalue weighted by Gasteiger charge is 2.38. The van der Waals surface area contributed by atoms with E-state index in [0.29, 0.717) is 25.7 Å². The van der Waals surface area contributed by atoms with Gasteiger partial charge in [0.1, 0.15) is 0 Å². The predicted octanol–water partition coefficient (Wildman–Crippen LogP) is -0.00170. The van der Waals surface area contributed by atoms with Crippen molar-refractivity contribution in [3.63, 3.8) is 0 Å². The van der Waals surface area contributed by atoms with Gasteiger partial charge in [-0.05, 0) is 19.3 Å². The summed E-state index contributed by atoms with van der Waals surface area (Å²) in [4.78, 5) is 20.3. The van der Waals surface area contributed by atoms with Crippen LogP contribution in [0, 0.1) is 0 Å². The second-order valence-corrected chi connectivity index (χ2v) is 4.36. The maximum atomic E-state index is 11.6. The molecule has 0 aliphatic heterocycles. The van der Waals surface area contributed by atoms with Crippen LogP contribution >= 0.6 is 0 Å². The molecule has 10 heteroatoms. The molecule has 0 fully saturated rings. The van der Waals surface area contributed by atoms with Crippen molar-refractivity contribution in [2.45, 2.75) is 44.4 Å². The third-order valence-corrected chi connectivity index (χ3v) is 2.34. The molecule has 7 nitrogen and oxygen atoms in total. The van der Waals surface area contributed by atoms with E-state index in [9.17, 15) is 22.8 Å². The summed E-state index contributed by atoms with van der Waals surface area (Å²) < 4.78 is 34.9. The second-order valence-electron chi connectivity index (χ2n) is 4.36. The van der Waals surface area contributed by atoms with Gasteiger partial charge in [0.05, 0.1) is 6.10 Å². The Hall–Kier alpha value is -1.39. The number of carboxylic acids is 1. The van der Waals surface area contributed by atoms with Gasteiger partial charge in [-0.25, -0.2) is 0 Å². The van der Waals surface area contributed by atoms with Gasteiger partial charge in [-0.1, -0.05) is 6.42 Å². The highest BCUT2D eigenvalue weighted by molar-refractivity contribution is 5.81. The largest absolute Gasteiger partial charge is 0.481 e. The number of aliphatic hydroxyl groups is 2. The number of halogens is 3. The molecule has 0 aromatic carbocycles. The predicted molar refractivity (Wildman–Crippen MR) is 71.9 cm³/mol. The normalized spacial score (nSPS) is 12.1. The van der Waals surface area contributed by atoms with Crippen LogP contribution < -0.4 is 11.1 Å². The number of aliphatic carboxylic acids is 1. The zero-order valence-corrected chi connectivity index (χ0v) is 12.1. The summed E-state index contributed by atoms with van der Waals surface area (Å²) in [5.41, 5.74) is 5.00. The third-order valence-electron chi connectivity index (χ3n) is 2.34. The van der Waals surface area contributed by atoms with E-state index >= 15 is 0 Å². The van der Waals surface area contributed by atoms with Crippen molar-refractivity contribution < 1.29 is 38.1 Å². The average Bonchev–Trinajstić information content (AvgIpc) is 2.42. The van der Waals surface area contributed by atoms with Crippen molar-refractivity contribution in [3.8, 4) is 0 Å². The fraction of sp³-hybridized carbons (Fsp3) is 0.833. The van der Waals surface area contributed by atoms with E-state index in [1.165, 1.54) is 0 Å². The van der Waals surface area contributed by atoms with E-state index in [4.69, 9.17) is 21.1 Å². The summed E-state index contributed by atoms with van der Waals surface area (Å²) in [6, 6.07) is 0. The van der Waals surface area contributed by atoms with E-state index in [2.05, 4.69) is 0 Å². The zero-order chi connectivity index (χ0) is 17.6. The average molecular weight is 332 g/mol. The molecular weight excluding hydrogens is 309 g/mol. The van der Waals surface area contributed by atoms with Crippen LogP contribution in [0.4, 0.5) is 13.2 Å². The molecule has 132 valence electrons. The Kier molecular flexibility index (Phi) is 13.8. The summed E-state index contributed by atoms with van der Waals surface area (Å²) in [7, 11) is 0. The minimum absolute atomic E-state index is 0.00673.